The molecule has 0 amide bonds. The Hall–Kier alpha value is -2.24. The van der Waals surface area contributed by atoms with E-state index in [9.17, 15) is 17.6 Å². The Labute approximate surface area is 189 Å². The van der Waals surface area contributed by atoms with E-state index in [0.29, 0.717) is 36.7 Å². The van der Waals surface area contributed by atoms with Gasteiger partial charge in [0.1, 0.15) is 5.82 Å². The Kier molecular flexibility index (Phi) is 10.2. The number of nitrogens with one attached hydrogen (secondary N) is 2. The topological polar surface area (TPSA) is 54.9 Å². The third-order valence-corrected chi connectivity index (χ3v) is 4.04. The lowest BCUT2D eigenvalue weighted by molar-refractivity contribution is -0.138. The van der Waals surface area contributed by atoms with E-state index < -0.39 is 17.6 Å². The molecule has 0 saturated carbocycles. The van der Waals surface area contributed by atoms with Gasteiger partial charge in [0.05, 0.1) is 19.3 Å². The molecule has 5 nitrogen and oxygen atoms in total. The third kappa shape index (κ3) is 7.22. The van der Waals surface area contributed by atoms with Crippen LogP contribution in [0.5, 0.6) is 11.5 Å². The zero-order valence-corrected chi connectivity index (χ0v) is 19.1. The van der Waals surface area contributed by atoms with Crippen molar-refractivity contribution in [2.24, 2.45) is 4.99 Å². The van der Waals surface area contributed by atoms with Crippen LogP contribution in [0.3, 0.4) is 0 Å². The second-order valence-electron chi connectivity index (χ2n) is 6.00. The first-order valence-electron chi connectivity index (χ1n) is 8.88. The summed E-state index contributed by atoms with van der Waals surface area (Å²) >= 11 is 0. The zero-order chi connectivity index (χ0) is 21.4. The molecule has 0 aliphatic carbocycles. The third-order valence-electron chi connectivity index (χ3n) is 4.04. The first-order valence-corrected chi connectivity index (χ1v) is 8.88. The van der Waals surface area contributed by atoms with E-state index in [-0.39, 0.29) is 36.1 Å². The standard InChI is InChI=1S/C20H23F4N3O2.HI/c1-4-29-18-9-13(5-8-17(18)28-3)11-26-19(25-2)27-12-14-6-7-15(21)10-16(14)20(22,23)24;/h5-10H,4,11-12H2,1-3H3,(H2,25,26,27);1H. The highest BCUT2D eigenvalue weighted by atomic mass is 127. The van der Waals surface area contributed by atoms with E-state index in [0.717, 1.165) is 17.7 Å². The number of hydrogen-bond acceptors (Lipinski definition) is 3. The Morgan fingerprint density at radius 3 is 2.33 bits per heavy atom. The minimum atomic E-state index is -4.64. The highest BCUT2D eigenvalue weighted by Crippen LogP contribution is 2.32. The van der Waals surface area contributed by atoms with Crippen LogP contribution in [0.15, 0.2) is 41.4 Å². The van der Waals surface area contributed by atoms with Gasteiger partial charge in [0.2, 0.25) is 0 Å². The van der Waals surface area contributed by atoms with Crippen molar-refractivity contribution in [2.45, 2.75) is 26.2 Å². The van der Waals surface area contributed by atoms with Crippen molar-refractivity contribution < 1.29 is 27.0 Å². The predicted molar refractivity (Wildman–Crippen MR) is 118 cm³/mol. The normalized spacial score (nSPS) is 11.5. The van der Waals surface area contributed by atoms with Gasteiger partial charge in [-0.2, -0.15) is 13.2 Å². The molecule has 2 aromatic carbocycles. The summed E-state index contributed by atoms with van der Waals surface area (Å²) < 4.78 is 63.3. The molecule has 2 aromatic rings. The molecule has 2 rings (SSSR count). The molecular weight excluding hydrogens is 517 g/mol. The Morgan fingerprint density at radius 1 is 1.03 bits per heavy atom. The lowest BCUT2D eigenvalue weighted by Gasteiger charge is -2.16. The average Bonchev–Trinajstić information content (AvgIpc) is 2.68. The molecule has 0 fully saturated rings. The molecule has 0 heterocycles. The number of methoxy groups -OCH3 is 1. The van der Waals surface area contributed by atoms with Gasteiger partial charge in [0, 0.05) is 20.1 Å². The molecule has 0 spiro atoms. The second kappa shape index (κ2) is 11.8. The molecule has 2 N–H and O–H groups in total. The van der Waals surface area contributed by atoms with Crippen molar-refractivity contribution in [3.05, 3.63) is 58.9 Å². The quantitative estimate of drug-likeness (QED) is 0.230. The van der Waals surface area contributed by atoms with Crippen LogP contribution in [0.4, 0.5) is 17.6 Å². The molecule has 0 saturated heterocycles. The van der Waals surface area contributed by atoms with Gasteiger partial charge in [-0.05, 0) is 42.3 Å². The molecule has 166 valence electrons. The maximum atomic E-state index is 13.2. The van der Waals surface area contributed by atoms with Gasteiger partial charge in [0.25, 0.3) is 0 Å². The number of guanidine groups is 1. The summed E-state index contributed by atoms with van der Waals surface area (Å²) in [6.45, 7) is 2.54. The van der Waals surface area contributed by atoms with Gasteiger partial charge in [-0.3, -0.25) is 4.99 Å². The van der Waals surface area contributed by atoms with Crippen molar-refractivity contribution in [2.75, 3.05) is 20.8 Å². The van der Waals surface area contributed by atoms with E-state index in [1.807, 2.05) is 19.1 Å². The van der Waals surface area contributed by atoms with Crippen molar-refractivity contribution in [1.82, 2.24) is 10.6 Å². The number of ether oxygens (including phenoxy) is 2. The average molecular weight is 541 g/mol. The second-order valence-corrected chi connectivity index (χ2v) is 6.00. The van der Waals surface area contributed by atoms with Crippen LogP contribution in [-0.2, 0) is 19.3 Å². The first kappa shape index (κ1) is 25.8. The van der Waals surface area contributed by atoms with E-state index in [1.54, 1.807) is 13.2 Å². The fraction of sp³-hybridized carbons (Fsp3) is 0.350. The number of hydrogen-bond donors (Lipinski definition) is 2. The van der Waals surface area contributed by atoms with Crippen molar-refractivity contribution in [3.63, 3.8) is 0 Å². The van der Waals surface area contributed by atoms with Crippen LogP contribution in [0.1, 0.15) is 23.6 Å². The molecule has 0 bridgehead atoms. The summed E-state index contributed by atoms with van der Waals surface area (Å²) in [5.41, 5.74) is -0.225. The fourth-order valence-electron chi connectivity index (χ4n) is 2.65. The maximum absolute atomic E-state index is 13.2. The number of halogens is 5. The zero-order valence-electron chi connectivity index (χ0n) is 16.8. The van der Waals surface area contributed by atoms with Gasteiger partial charge < -0.3 is 20.1 Å². The molecule has 0 aliphatic rings. The van der Waals surface area contributed by atoms with Crippen LogP contribution in [0.2, 0.25) is 0 Å². The SMILES string of the molecule is CCOc1cc(CNC(=NC)NCc2ccc(F)cc2C(F)(F)F)ccc1OC.I. The van der Waals surface area contributed by atoms with Crippen LogP contribution in [-0.4, -0.2) is 26.7 Å². The van der Waals surface area contributed by atoms with E-state index >= 15 is 0 Å². The summed E-state index contributed by atoms with van der Waals surface area (Å²) in [6, 6.07) is 8.01. The van der Waals surface area contributed by atoms with E-state index in [4.69, 9.17) is 9.47 Å². The highest BCUT2D eigenvalue weighted by molar-refractivity contribution is 14.0. The largest absolute Gasteiger partial charge is 0.493 e. The van der Waals surface area contributed by atoms with Crippen molar-refractivity contribution >= 4 is 29.9 Å². The molecule has 10 heteroatoms. The summed E-state index contributed by atoms with van der Waals surface area (Å²) in [5, 5.41) is 5.83. The lowest BCUT2D eigenvalue weighted by atomic mass is 10.1. The van der Waals surface area contributed by atoms with Gasteiger partial charge >= 0.3 is 6.18 Å². The minimum Gasteiger partial charge on any atom is -0.493 e. The first-order chi connectivity index (χ1) is 13.8. The Bertz CT molecular complexity index is 860. The summed E-state index contributed by atoms with van der Waals surface area (Å²) in [5.74, 6) is 0.567. The summed E-state index contributed by atoms with van der Waals surface area (Å²) in [6.07, 6.45) is -4.64. The van der Waals surface area contributed by atoms with E-state index in [2.05, 4.69) is 15.6 Å². The fourth-order valence-corrected chi connectivity index (χ4v) is 2.65. The monoisotopic (exact) mass is 541 g/mol. The van der Waals surface area contributed by atoms with Crippen LogP contribution >= 0.6 is 24.0 Å². The highest BCUT2D eigenvalue weighted by Gasteiger charge is 2.33. The minimum absolute atomic E-state index is 0. The van der Waals surface area contributed by atoms with Crippen LogP contribution in [0, 0.1) is 5.82 Å². The smallest absolute Gasteiger partial charge is 0.416 e. The maximum Gasteiger partial charge on any atom is 0.416 e. The van der Waals surface area contributed by atoms with Gasteiger partial charge in [0.15, 0.2) is 17.5 Å². The van der Waals surface area contributed by atoms with Crippen molar-refractivity contribution in [1.29, 1.82) is 0 Å². The van der Waals surface area contributed by atoms with Crippen LogP contribution in [0.25, 0.3) is 0 Å². The molecular formula is C20H24F4IN3O2. The summed E-state index contributed by atoms with van der Waals surface area (Å²) in [4.78, 5) is 4.00. The Morgan fingerprint density at radius 2 is 1.73 bits per heavy atom. The van der Waals surface area contributed by atoms with Gasteiger partial charge in [-0.15, -0.1) is 24.0 Å². The van der Waals surface area contributed by atoms with Gasteiger partial charge in [-0.25, -0.2) is 4.39 Å². The number of rotatable bonds is 7. The molecule has 0 aliphatic heterocycles. The van der Waals surface area contributed by atoms with Crippen LogP contribution < -0.4 is 20.1 Å². The number of nitrogens with zero attached hydrogens (tertiary/aromatic N) is 1. The molecule has 30 heavy (non-hydrogen) atoms. The molecule has 0 aromatic heterocycles. The molecule has 0 atom stereocenters. The molecule has 0 unspecified atom stereocenters. The van der Waals surface area contributed by atoms with Crippen molar-refractivity contribution in [3.8, 4) is 11.5 Å². The number of alkyl halides is 3. The summed E-state index contributed by atoms with van der Waals surface area (Å²) in [7, 11) is 3.05. The number of benzene rings is 2. The Balaban J connectivity index is 0.00000450. The van der Waals surface area contributed by atoms with E-state index in [1.165, 1.54) is 7.05 Å². The lowest BCUT2D eigenvalue weighted by Crippen LogP contribution is -2.36. The predicted octanol–water partition coefficient (Wildman–Crippen LogP) is 4.74. The van der Waals surface area contributed by atoms with Gasteiger partial charge in [-0.1, -0.05) is 12.1 Å². The molecule has 0 radical (unpaired) electrons. The number of aliphatic imine (C=N–C) groups is 1.